The second kappa shape index (κ2) is 6.25. The van der Waals surface area contributed by atoms with Gasteiger partial charge in [0.05, 0.1) is 0 Å². The van der Waals surface area contributed by atoms with Gasteiger partial charge in [-0.2, -0.15) is 0 Å². The van der Waals surface area contributed by atoms with Crippen molar-refractivity contribution in [3.63, 3.8) is 0 Å². The molecule has 2 aliphatic carbocycles. The van der Waals surface area contributed by atoms with Crippen molar-refractivity contribution in [3.8, 4) is 5.88 Å². The summed E-state index contributed by atoms with van der Waals surface area (Å²) in [4.78, 5) is 15.9. The van der Waals surface area contributed by atoms with Gasteiger partial charge in [0.2, 0.25) is 11.8 Å². The maximum Gasteiger partial charge on any atom is 0.223 e. The van der Waals surface area contributed by atoms with Crippen molar-refractivity contribution in [1.29, 1.82) is 0 Å². The van der Waals surface area contributed by atoms with Crippen LogP contribution in [0.2, 0.25) is 0 Å². The second-order valence-electron chi connectivity index (χ2n) is 5.87. The van der Waals surface area contributed by atoms with E-state index in [1.54, 1.807) is 6.20 Å². The molecule has 1 amide bonds. The van der Waals surface area contributed by atoms with Crippen molar-refractivity contribution >= 4 is 5.91 Å². The molecule has 108 valence electrons. The quantitative estimate of drug-likeness (QED) is 0.898. The molecule has 1 aromatic heterocycles. The van der Waals surface area contributed by atoms with Gasteiger partial charge in [-0.05, 0) is 50.2 Å². The molecule has 0 saturated heterocycles. The van der Waals surface area contributed by atoms with Gasteiger partial charge in [0.1, 0.15) is 6.10 Å². The lowest BCUT2D eigenvalue weighted by Gasteiger charge is -2.22. The normalized spacial score (nSPS) is 19.6. The lowest BCUT2D eigenvalue weighted by atomic mass is 9.98. The summed E-state index contributed by atoms with van der Waals surface area (Å²) in [5, 5.41) is 2.97. The monoisotopic (exact) mass is 274 g/mol. The lowest BCUT2D eigenvalue weighted by molar-refractivity contribution is -0.122. The van der Waals surface area contributed by atoms with Crippen molar-refractivity contribution in [3.05, 3.63) is 23.9 Å². The molecule has 0 aliphatic heterocycles. The van der Waals surface area contributed by atoms with Crippen LogP contribution in [0.1, 0.15) is 50.5 Å². The van der Waals surface area contributed by atoms with E-state index in [9.17, 15) is 4.79 Å². The maximum atomic E-state index is 11.6. The third kappa shape index (κ3) is 3.71. The first-order valence-corrected chi connectivity index (χ1v) is 7.70. The topological polar surface area (TPSA) is 51.2 Å². The number of amides is 1. The number of nitrogens with one attached hydrogen (secondary N) is 1. The van der Waals surface area contributed by atoms with E-state index in [1.807, 2.05) is 12.1 Å². The average molecular weight is 274 g/mol. The summed E-state index contributed by atoms with van der Waals surface area (Å²) >= 11 is 0. The Morgan fingerprint density at radius 3 is 2.80 bits per heavy atom. The lowest BCUT2D eigenvalue weighted by Crippen LogP contribution is -2.24. The molecule has 0 radical (unpaired) electrons. The third-order valence-electron chi connectivity index (χ3n) is 4.05. The number of ether oxygens (including phenoxy) is 1. The SMILES string of the molecule is O=C(NCc1ccnc(OC2CCCCC2)c1)C1CC1. The Balaban J connectivity index is 1.53. The molecule has 3 rings (SSSR count). The van der Waals surface area contributed by atoms with E-state index in [4.69, 9.17) is 4.74 Å². The predicted octanol–water partition coefficient (Wildman–Crippen LogP) is 2.82. The van der Waals surface area contributed by atoms with Gasteiger partial charge >= 0.3 is 0 Å². The van der Waals surface area contributed by atoms with Gasteiger partial charge in [-0.1, -0.05) is 6.42 Å². The summed E-state index contributed by atoms with van der Waals surface area (Å²) in [6.07, 6.45) is 10.2. The summed E-state index contributed by atoms with van der Waals surface area (Å²) in [6, 6.07) is 3.88. The molecule has 1 heterocycles. The molecular formula is C16H22N2O2. The fourth-order valence-corrected chi connectivity index (χ4v) is 2.66. The van der Waals surface area contributed by atoms with Gasteiger partial charge in [-0.15, -0.1) is 0 Å². The van der Waals surface area contributed by atoms with E-state index in [0.717, 1.165) is 31.2 Å². The Kier molecular flexibility index (Phi) is 4.19. The Morgan fingerprint density at radius 2 is 2.05 bits per heavy atom. The van der Waals surface area contributed by atoms with E-state index in [1.165, 1.54) is 19.3 Å². The number of hydrogen-bond acceptors (Lipinski definition) is 3. The minimum atomic E-state index is 0.177. The van der Waals surface area contributed by atoms with Gasteiger partial charge in [-0.3, -0.25) is 4.79 Å². The van der Waals surface area contributed by atoms with Crippen LogP contribution in [-0.2, 0) is 11.3 Å². The highest BCUT2D eigenvalue weighted by Crippen LogP contribution is 2.29. The van der Waals surface area contributed by atoms with Crippen LogP contribution in [0, 0.1) is 5.92 Å². The Morgan fingerprint density at radius 1 is 1.25 bits per heavy atom. The van der Waals surface area contributed by atoms with Crippen LogP contribution in [0.15, 0.2) is 18.3 Å². The van der Waals surface area contributed by atoms with Gasteiger partial charge in [0.25, 0.3) is 0 Å². The molecule has 1 aromatic rings. The maximum absolute atomic E-state index is 11.6. The summed E-state index contributed by atoms with van der Waals surface area (Å²) in [6.45, 7) is 0.568. The van der Waals surface area contributed by atoms with Crippen LogP contribution in [0.5, 0.6) is 5.88 Å². The minimum Gasteiger partial charge on any atom is -0.474 e. The number of carbonyl (C=O) groups excluding carboxylic acids is 1. The van der Waals surface area contributed by atoms with Gasteiger partial charge in [0.15, 0.2) is 0 Å². The smallest absolute Gasteiger partial charge is 0.223 e. The van der Waals surface area contributed by atoms with E-state index in [-0.39, 0.29) is 11.8 Å². The van der Waals surface area contributed by atoms with Crippen molar-refractivity contribution < 1.29 is 9.53 Å². The first kappa shape index (κ1) is 13.4. The summed E-state index contributed by atoms with van der Waals surface area (Å²) in [5.41, 5.74) is 1.06. The van der Waals surface area contributed by atoms with Crippen molar-refractivity contribution in [2.75, 3.05) is 0 Å². The molecule has 2 aliphatic rings. The van der Waals surface area contributed by atoms with Crippen LogP contribution in [-0.4, -0.2) is 17.0 Å². The molecule has 2 fully saturated rings. The Hall–Kier alpha value is -1.58. The highest BCUT2D eigenvalue weighted by Gasteiger charge is 2.29. The van der Waals surface area contributed by atoms with Gasteiger partial charge < -0.3 is 10.1 Å². The molecule has 4 nitrogen and oxygen atoms in total. The summed E-state index contributed by atoms with van der Waals surface area (Å²) < 4.78 is 5.94. The molecule has 2 saturated carbocycles. The van der Waals surface area contributed by atoms with E-state index in [0.29, 0.717) is 18.5 Å². The van der Waals surface area contributed by atoms with Crippen LogP contribution in [0.25, 0.3) is 0 Å². The number of hydrogen-bond donors (Lipinski definition) is 1. The molecule has 20 heavy (non-hydrogen) atoms. The molecule has 0 aromatic carbocycles. The molecule has 0 atom stereocenters. The molecule has 0 spiro atoms. The zero-order valence-electron chi connectivity index (χ0n) is 11.8. The van der Waals surface area contributed by atoms with Crippen molar-refractivity contribution in [1.82, 2.24) is 10.3 Å². The fourth-order valence-electron chi connectivity index (χ4n) is 2.66. The number of pyridine rings is 1. The standard InChI is InChI=1S/C16H22N2O2/c19-16(13-6-7-13)18-11-12-8-9-17-15(10-12)20-14-4-2-1-3-5-14/h8-10,13-14H,1-7,11H2,(H,18,19). The molecule has 0 bridgehead atoms. The molecule has 0 unspecified atom stereocenters. The number of aromatic nitrogens is 1. The first-order chi connectivity index (χ1) is 9.81. The Bertz CT molecular complexity index is 465. The second-order valence-corrected chi connectivity index (χ2v) is 5.87. The van der Waals surface area contributed by atoms with Crippen LogP contribution in [0.3, 0.4) is 0 Å². The molecular weight excluding hydrogens is 252 g/mol. The number of rotatable bonds is 5. The number of nitrogens with zero attached hydrogens (tertiary/aromatic N) is 1. The van der Waals surface area contributed by atoms with E-state index in [2.05, 4.69) is 10.3 Å². The number of carbonyl (C=O) groups is 1. The third-order valence-corrected chi connectivity index (χ3v) is 4.05. The largest absolute Gasteiger partial charge is 0.474 e. The first-order valence-electron chi connectivity index (χ1n) is 7.70. The van der Waals surface area contributed by atoms with Gasteiger partial charge in [-0.25, -0.2) is 4.98 Å². The zero-order valence-corrected chi connectivity index (χ0v) is 11.8. The van der Waals surface area contributed by atoms with E-state index < -0.39 is 0 Å². The predicted molar refractivity (Wildman–Crippen MR) is 76.3 cm³/mol. The van der Waals surface area contributed by atoms with Crippen molar-refractivity contribution in [2.24, 2.45) is 5.92 Å². The van der Waals surface area contributed by atoms with Crippen LogP contribution >= 0.6 is 0 Å². The van der Waals surface area contributed by atoms with Crippen LogP contribution < -0.4 is 10.1 Å². The van der Waals surface area contributed by atoms with Crippen LogP contribution in [0.4, 0.5) is 0 Å². The highest BCUT2D eigenvalue weighted by molar-refractivity contribution is 5.80. The molecule has 1 N–H and O–H groups in total. The fraction of sp³-hybridized carbons (Fsp3) is 0.625. The van der Waals surface area contributed by atoms with Crippen molar-refractivity contribution in [2.45, 2.75) is 57.6 Å². The summed E-state index contributed by atoms with van der Waals surface area (Å²) in [7, 11) is 0. The Labute approximate surface area is 119 Å². The zero-order chi connectivity index (χ0) is 13.8. The van der Waals surface area contributed by atoms with Gasteiger partial charge in [0, 0.05) is 24.7 Å². The average Bonchev–Trinajstić information content (AvgIpc) is 3.31. The molecule has 4 heteroatoms. The summed E-state index contributed by atoms with van der Waals surface area (Å²) in [5.74, 6) is 1.13. The van der Waals surface area contributed by atoms with E-state index >= 15 is 0 Å². The minimum absolute atomic E-state index is 0.177. The highest BCUT2D eigenvalue weighted by atomic mass is 16.5.